The lowest BCUT2D eigenvalue weighted by Gasteiger charge is -2.09. The Bertz CT molecular complexity index is 1400. The molecule has 0 amide bonds. The van der Waals surface area contributed by atoms with Gasteiger partial charge in [-0.25, -0.2) is 0 Å². The number of thiophene rings is 1. The number of hydrogen-bond donors (Lipinski definition) is 0. The van der Waals surface area contributed by atoms with Gasteiger partial charge in [-0.2, -0.15) is 0 Å². The minimum atomic E-state index is 1.27. The molecule has 0 aliphatic carbocycles. The Morgan fingerprint density at radius 3 is 2.13 bits per heavy atom. The number of thioether (sulfide) groups is 1. The van der Waals surface area contributed by atoms with Gasteiger partial charge in [-0.05, 0) is 78.4 Å². The molecule has 0 unspecified atom stereocenters. The number of hydrogen-bond acceptors (Lipinski definition) is 2. The van der Waals surface area contributed by atoms with Gasteiger partial charge in [0.2, 0.25) is 0 Å². The van der Waals surface area contributed by atoms with E-state index < -0.39 is 0 Å². The summed E-state index contributed by atoms with van der Waals surface area (Å²) in [5.74, 6) is 0. The molecule has 5 rings (SSSR count). The van der Waals surface area contributed by atoms with Crippen molar-refractivity contribution in [2.45, 2.75) is 25.7 Å². The van der Waals surface area contributed by atoms with Crippen molar-refractivity contribution < 1.29 is 0 Å². The van der Waals surface area contributed by atoms with Crippen molar-refractivity contribution in [2.24, 2.45) is 0 Å². The summed E-state index contributed by atoms with van der Waals surface area (Å²) in [4.78, 5) is 3.89. The van der Waals surface area contributed by atoms with E-state index in [-0.39, 0.29) is 0 Å². The van der Waals surface area contributed by atoms with Gasteiger partial charge in [-0.15, -0.1) is 11.3 Å². The van der Waals surface area contributed by atoms with Crippen LogP contribution >= 0.6 is 23.1 Å². The van der Waals surface area contributed by atoms with Crippen molar-refractivity contribution >= 4 is 48.9 Å². The Balaban J connectivity index is 1.49. The van der Waals surface area contributed by atoms with E-state index in [0.29, 0.717) is 0 Å². The first-order valence-corrected chi connectivity index (χ1v) is 12.2. The molecule has 0 spiro atoms. The second kappa shape index (κ2) is 8.37. The molecule has 5 aromatic rings. The van der Waals surface area contributed by atoms with E-state index in [0.717, 1.165) is 0 Å². The first kappa shape index (κ1) is 20.1. The molecule has 0 nitrogen and oxygen atoms in total. The Morgan fingerprint density at radius 1 is 0.710 bits per heavy atom. The fourth-order valence-corrected chi connectivity index (χ4v) is 5.86. The summed E-state index contributed by atoms with van der Waals surface area (Å²) in [5, 5.41) is 3.91. The highest BCUT2D eigenvalue weighted by atomic mass is 32.2. The summed E-state index contributed by atoms with van der Waals surface area (Å²) < 4.78 is 1.34. The second-order valence-corrected chi connectivity index (χ2v) is 10.2. The lowest BCUT2D eigenvalue weighted by atomic mass is 10.1. The van der Waals surface area contributed by atoms with Crippen LogP contribution in [-0.2, 0) is 0 Å². The third-order valence-electron chi connectivity index (χ3n) is 5.61. The quantitative estimate of drug-likeness (QED) is 0.253. The van der Waals surface area contributed by atoms with E-state index in [1.165, 1.54) is 57.8 Å². The molecule has 152 valence electrons. The van der Waals surface area contributed by atoms with Crippen LogP contribution < -0.4 is 0 Å². The molecule has 31 heavy (non-hydrogen) atoms. The van der Waals surface area contributed by atoms with Crippen molar-refractivity contribution in [1.82, 2.24) is 0 Å². The molecular formula is C29H24S2. The summed E-state index contributed by atoms with van der Waals surface area (Å²) in [6, 6.07) is 31.4. The molecule has 0 saturated heterocycles. The maximum absolute atomic E-state index is 2.34. The van der Waals surface area contributed by atoms with Crippen molar-refractivity contribution in [2.75, 3.05) is 0 Å². The Hall–Kier alpha value is -2.81. The normalized spacial score (nSPS) is 12.0. The third-order valence-corrected chi connectivity index (χ3v) is 7.94. The molecule has 0 radical (unpaired) electrons. The predicted octanol–water partition coefficient (Wildman–Crippen LogP) is 9.49. The van der Waals surface area contributed by atoms with Crippen molar-refractivity contribution in [3.63, 3.8) is 0 Å². The van der Waals surface area contributed by atoms with Gasteiger partial charge in [0.15, 0.2) is 0 Å². The monoisotopic (exact) mass is 436 g/mol. The third kappa shape index (κ3) is 4.19. The zero-order valence-corrected chi connectivity index (χ0v) is 19.6. The lowest BCUT2D eigenvalue weighted by Crippen LogP contribution is -1.82. The Morgan fingerprint density at radius 2 is 1.42 bits per heavy atom. The molecule has 0 N–H and O–H groups in total. The number of aryl methyl sites for hydroxylation is 2. The summed E-state index contributed by atoms with van der Waals surface area (Å²) >= 11 is 3.71. The molecule has 0 aliphatic rings. The van der Waals surface area contributed by atoms with Crippen LogP contribution in [0.15, 0.2) is 95.9 Å². The van der Waals surface area contributed by atoms with Crippen LogP contribution in [0.1, 0.15) is 23.6 Å². The predicted molar refractivity (Wildman–Crippen MR) is 140 cm³/mol. The van der Waals surface area contributed by atoms with E-state index in [1.807, 2.05) is 23.1 Å². The highest BCUT2D eigenvalue weighted by molar-refractivity contribution is 8.08. The van der Waals surface area contributed by atoms with Crippen LogP contribution in [-0.4, -0.2) is 0 Å². The summed E-state index contributed by atoms with van der Waals surface area (Å²) in [6.45, 7) is 6.38. The molecule has 2 heteroatoms. The van der Waals surface area contributed by atoms with Gasteiger partial charge in [0.25, 0.3) is 0 Å². The molecule has 0 fully saturated rings. The first-order chi connectivity index (χ1) is 15.1. The van der Waals surface area contributed by atoms with Gasteiger partial charge in [0.1, 0.15) is 0 Å². The van der Waals surface area contributed by atoms with Gasteiger partial charge < -0.3 is 0 Å². The van der Waals surface area contributed by atoms with Crippen molar-refractivity contribution in [3.05, 3.63) is 108 Å². The van der Waals surface area contributed by atoms with E-state index in [4.69, 9.17) is 0 Å². The molecule has 0 atom stereocenters. The second-order valence-electron chi connectivity index (χ2n) is 8.00. The Kier molecular flexibility index (Phi) is 5.43. The average molecular weight is 437 g/mol. The Labute approximate surface area is 192 Å². The highest BCUT2D eigenvalue weighted by Crippen LogP contribution is 2.39. The minimum absolute atomic E-state index is 1.27. The summed E-state index contributed by atoms with van der Waals surface area (Å²) in [6.07, 6.45) is 2.20. The van der Waals surface area contributed by atoms with Gasteiger partial charge >= 0.3 is 0 Å². The highest BCUT2D eigenvalue weighted by Gasteiger charge is 2.08. The molecular weight excluding hydrogens is 412 g/mol. The maximum Gasteiger partial charge on any atom is 0.0355 e. The number of allylic oxidation sites excluding steroid dienone is 1. The smallest absolute Gasteiger partial charge is 0.0355 e. The van der Waals surface area contributed by atoms with Crippen LogP contribution in [0.25, 0.3) is 36.2 Å². The van der Waals surface area contributed by atoms with E-state index >= 15 is 0 Å². The van der Waals surface area contributed by atoms with Crippen LogP contribution in [0.2, 0.25) is 0 Å². The fraction of sp³-hybridized carbons (Fsp3) is 0.103. The van der Waals surface area contributed by atoms with Crippen LogP contribution in [0.5, 0.6) is 0 Å². The topological polar surface area (TPSA) is 0 Å². The van der Waals surface area contributed by atoms with Crippen LogP contribution in [0.4, 0.5) is 0 Å². The molecule has 1 aromatic heterocycles. The standard InChI is InChI=1S/C29H24S2/c1-4-27(21-9-5-19(2)6-10-21)30-26-14-13-23-17-29-25(15-24(23)16-26)18-28(31-29)22-11-7-20(3)8-12-22/h4-18H,1-3H3/b27-4-. The molecule has 1 heterocycles. The summed E-state index contributed by atoms with van der Waals surface area (Å²) in [7, 11) is 0. The number of benzene rings is 4. The molecule has 4 aromatic carbocycles. The van der Waals surface area contributed by atoms with Crippen molar-refractivity contribution in [1.29, 1.82) is 0 Å². The van der Waals surface area contributed by atoms with E-state index in [2.05, 4.69) is 112 Å². The molecule has 0 saturated carbocycles. The minimum Gasteiger partial charge on any atom is -0.135 e. The SMILES string of the molecule is C/C=C(\Sc1ccc2cc3sc(-c4ccc(C)cc4)cc3cc2c1)c1ccc(C)cc1. The maximum atomic E-state index is 2.34. The lowest BCUT2D eigenvalue weighted by molar-refractivity contribution is 1.46. The van der Waals surface area contributed by atoms with Gasteiger partial charge in [-0.3, -0.25) is 0 Å². The average Bonchev–Trinajstić information content (AvgIpc) is 3.19. The van der Waals surface area contributed by atoms with Gasteiger partial charge in [0.05, 0.1) is 0 Å². The zero-order chi connectivity index (χ0) is 21.4. The van der Waals surface area contributed by atoms with E-state index in [1.54, 1.807) is 0 Å². The fourth-order valence-electron chi connectivity index (χ4n) is 3.82. The van der Waals surface area contributed by atoms with Crippen LogP contribution in [0, 0.1) is 13.8 Å². The van der Waals surface area contributed by atoms with Gasteiger partial charge in [0, 0.05) is 19.4 Å². The van der Waals surface area contributed by atoms with Crippen LogP contribution in [0.3, 0.4) is 0 Å². The molecule has 0 bridgehead atoms. The summed E-state index contributed by atoms with van der Waals surface area (Å²) in [5.41, 5.74) is 5.16. The largest absolute Gasteiger partial charge is 0.135 e. The number of rotatable bonds is 4. The number of fused-ring (bicyclic) bond motifs is 2. The molecule has 0 aliphatic heterocycles. The van der Waals surface area contributed by atoms with Crippen molar-refractivity contribution in [3.8, 4) is 10.4 Å². The van der Waals surface area contributed by atoms with E-state index in [9.17, 15) is 0 Å². The van der Waals surface area contributed by atoms with Gasteiger partial charge in [-0.1, -0.05) is 83.6 Å². The zero-order valence-electron chi connectivity index (χ0n) is 18.0. The first-order valence-electron chi connectivity index (χ1n) is 10.5.